The number of methoxy groups -OCH3 is 1. The molecule has 0 saturated heterocycles. The van der Waals surface area contributed by atoms with Crippen molar-refractivity contribution in [1.29, 1.82) is 0 Å². The second kappa shape index (κ2) is 4.35. The number of hydrogen-bond donors (Lipinski definition) is 1. The lowest BCUT2D eigenvalue weighted by molar-refractivity contribution is 0.249. The van der Waals surface area contributed by atoms with Gasteiger partial charge in [-0.25, -0.2) is 0 Å². The highest BCUT2D eigenvalue weighted by Crippen LogP contribution is 2.46. The van der Waals surface area contributed by atoms with Crippen LogP contribution in [-0.4, -0.2) is 19.5 Å². The van der Waals surface area contributed by atoms with Gasteiger partial charge in [-0.1, -0.05) is 6.07 Å². The monoisotopic (exact) mass is 224 g/mol. The molecule has 0 heterocycles. The molecule has 1 aromatic carbocycles. The van der Waals surface area contributed by atoms with Gasteiger partial charge in [0.05, 0.1) is 13.7 Å². The Morgan fingerprint density at radius 2 is 2.07 bits per heavy atom. The van der Waals surface area contributed by atoms with Crippen LogP contribution >= 0.6 is 12.6 Å². The Kier molecular flexibility index (Phi) is 3.10. The molecule has 0 bridgehead atoms. The zero-order valence-electron chi connectivity index (χ0n) is 8.90. The topological polar surface area (TPSA) is 18.5 Å². The fourth-order valence-corrected chi connectivity index (χ4v) is 1.86. The molecule has 1 saturated carbocycles. The van der Waals surface area contributed by atoms with Crippen LogP contribution in [-0.2, 0) is 0 Å². The average molecular weight is 224 g/mol. The first-order chi connectivity index (χ1) is 7.28. The third-order valence-electron chi connectivity index (χ3n) is 2.88. The number of rotatable bonds is 5. The molecule has 0 spiro atoms. The van der Waals surface area contributed by atoms with Gasteiger partial charge in [0.15, 0.2) is 0 Å². The Hall–Kier alpha value is -0.830. The van der Waals surface area contributed by atoms with Gasteiger partial charge >= 0.3 is 0 Å². The van der Waals surface area contributed by atoms with E-state index in [4.69, 9.17) is 9.47 Å². The quantitative estimate of drug-likeness (QED) is 0.775. The van der Waals surface area contributed by atoms with E-state index in [0.717, 1.165) is 23.9 Å². The van der Waals surface area contributed by atoms with Crippen molar-refractivity contribution < 1.29 is 9.47 Å². The van der Waals surface area contributed by atoms with Gasteiger partial charge in [0.1, 0.15) is 11.5 Å². The molecule has 0 radical (unpaired) electrons. The molecule has 1 aliphatic carbocycles. The first kappa shape index (κ1) is 10.7. The molecule has 0 N–H and O–H groups in total. The summed E-state index contributed by atoms with van der Waals surface area (Å²) in [4.78, 5) is 0. The molecule has 1 aromatic rings. The van der Waals surface area contributed by atoms with Crippen molar-refractivity contribution >= 4 is 12.6 Å². The third-order valence-corrected chi connectivity index (χ3v) is 3.55. The molecule has 0 unspecified atom stereocenters. The lowest BCUT2D eigenvalue weighted by atomic mass is 10.2. The largest absolute Gasteiger partial charge is 0.497 e. The van der Waals surface area contributed by atoms with Crippen molar-refractivity contribution in [3.05, 3.63) is 24.3 Å². The second-order valence-corrected chi connectivity index (χ2v) is 4.44. The van der Waals surface area contributed by atoms with Gasteiger partial charge in [-0.2, -0.15) is 12.6 Å². The normalized spacial score (nSPS) is 17.2. The molecule has 0 aliphatic heterocycles. The van der Waals surface area contributed by atoms with E-state index in [1.54, 1.807) is 7.11 Å². The molecule has 0 aromatic heterocycles. The van der Waals surface area contributed by atoms with Crippen molar-refractivity contribution in [3.8, 4) is 11.5 Å². The molecule has 2 nitrogen and oxygen atoms in total. The van der Waals surface area contributed by atoms with Crippen molar-refractivity contribution in [2.24, 2.45) is 5.41 Å². The fraction of sp³-hybridized carbons (Fsp3) is 0.500. The van der Waals surface area contributed by atoms with Crippen molar-refractivity contribution in [3.63, 3.8) is 0 Å². The molecule has 1 fully saturated rings. The van der Waals surface area contributed by atoms with Gasteiger partial charge in [0.2, 0.25) is 0 Å². The van der Waals surface area contributed by atoms with Gasteiger partial charge in [0.25, 0.3) is 0 Å². The summed E-state index contributed by atoms with van der Waals surface area (Å²) in [6.07, 6.45) is 2.47. The molecular weight excluding hydrogens is 208 g/mol. The van der Waals surface area contributed by atoms with E-state index in [-0.39, 0.29) is 0 Å². The maximum Gasteiger partial charge on any atom is 0.123 e. The summed E-state index contributed by atoms with van der Waals surface area (Å²) in [7, 11) is 1.66. The number of hydrogen-bond acceptors (Lipinski definition) is 3. The summed E-state index contributed by atoms with van der Waals surface area (Å²) >= 11 is 4.34. The van der Waals surface area contributed by atoms with Crippen LogP contribution < -0.4 is 9.47 Å². The summed E-state index contributed by atoms with van der Waals surface area (Å²) in [6.45, 7) is 0.768. The minimum atomic E-state index is 0.339. The summed E-state index contributed by atoms with van der Waals surface area (Å²) in [5.74, 6) is 2.63. The summed E-state index contributed by atoms with van der Waals surface area (Å²) in [5.41, 5.74) is 0.339. The SMILES string of the molecule is COc1cccc(OCC2(CS)CC2)c1. The number of ether oxygens (including phenoxy) is 2. The lowest BCUT2D eigenvalue weighted by Crippen LogP contribution is -2.14. The maximum atomic E-state index is 5.74. The summed E-state index contributed by atoms with van der Waals surface area (Å²) < 4.78 is 10.9. The molecule has 0 amide bonds. The van der Waals surface area contributed by atoms with Gasteiger partial charge < -0.3 is 9.47 Å². The van der Waals surface area contributed by atoms with Gasteiger partial charge in [-0.05, 0) is 30.7 Å². The minimum Gasteiger partial charge on any atom is -0.497 e. The highest BCUT2D eigenvalue weighted by Gasteiger charge is 2.42. The Labute approximate surface area is 96.0 Å². The van der Waals surface area contributed by atoms with Crippen LogP contribution in [0.25, 0.3) is 0 Å². The highest BCUT2D eigenvalue weighted by molar-refractivity contribution is 7.80. The fourth-order valence-electron chi connectivity index (χ4n) is 1.45. The van der Waals surface area contributed by atoms with Crippen LogP contribution in [0, 0.1) is 5.41 Å². The second-order valence-electron chi connectivity index (χ2n) is 4.13. The number of benzene rings is 1. The highest BCUT2D eigenvalue weighted by atomic mass is 32.1. The Bertz CT molecular complexity index is 334. The molecule has 0 atom stereocenters. The van der Waals surface area contributed by atoms with E-state index < -0.39 is 0 Å². The smallest absolute Gasteiger partial charge is 0.123 e. The van der Waals surface area contributed by atoms with Crippen molar-refractivity contribution in [2.75, 3.05) is 19.5 Å². The number of thiol groups is 1. The van der Waals surface area contributed by atoms with Crippen LogP contribution in [0.3, 0.4) is 0 Å². The summed E-state index contributed by atoms with van der Waals surface area (Å²) in [6, 6.07) is 7.72. The minimum absolute atomic E-state index is 0.339. The Balaban J connectivity index is 1.93. The molecule has 82 valence electrons. The van der Waals surface area contributed by atoms with E-state index in [0.29, 0.717) is 5.41 Å². The van der Waals surface area contributed by atoms with E-state index in [1.165, 1.54) is 12.8 Å². The third kappa shape index (κ3) is 2.59. The van der Waals surface area contributed by atoms with Crippen LogP contribution in [0.1, 0.15) is 12.8 Å². The van der Waals surface area contributed by atoms with Gasteiger partial charge in [-0.3, -0.25) is 0 Å². The van der Waals surface area contributed by atoms with Crippen LogP contribution in [0.15, 0.2) is 24.3 Å². The van der Waals surface area contributed by atoms with E-state index in [1.807, 2.05) is 24.3 Å². The van der Waals surface area contributed by atoms with Gasteiger partial charge in [0, 0.05) is 11.5 Å². The average Bonchev–Trinajstić information content (AvgIpc) is 3.07. The molecule has 3 heteroatoms. The van der Waals surface area contributed by atoms with Gasteiger partial charge in [-0.15, -0.1) is 0 Å². The van der Waals surface area contributed by atoms with E-state index in [9.17, 15) is 0 Å². The zero-order chi connectivity index (χ0) is 10.7. The van der Waals surface area contributed by atoms with Crippen molar-refractivity contribution in [1.82, 2.24) is 0 Å². The summed E-state index contributed by atoms with van der Waals surface area (Å²) in [5, 5.41) is 0. The van der Waals surface area contributed by atoms with E-state index >= 15 is 0 Å². The molecule has 2 rings (SSSR count). The standard InChI is InChI=1S/C12H16O2S/c1-13-10-3-2-4-11(7-10)14-8-12(9-15)5-6-12/h2-4,7,15H,5-6,8-9H2,1H3. The van der Waals surface area contributed by atoms with Crippen LogP contribution in [0.5, 0.6) is 11.5 Å². The first-order valence-corrected chi connectivity index (χ1v) is 5.79. The molecular formula is C12H16O2S. The lowest BCUT2D eigenvalue weighted by Gasteiger charge is -2.13. The molecule has 1 aliphatic rings. The first-order valence-electron chi connectivity index (χ1n) is 5.16. The van der Waals surface area contributed by atoms with Crippen molar-refractivity contribution in [2.45, 2.75) is 12.8 Å². The maximum absolute atomic E-state index is 5.74. The Morgan fingerprint density at radius 3 is 2.67 bits per heavy atom. The molecule has 15 heavy (non-hydrogen) atoms. The van der Waals surface area contributed by atoms with Crippen LogP contribution in [0.4, 0.5) is 0 Å². The predicted molar refractivity (Wildman–Crippen MR) is 64.0 cm³/mol. The van der Waals surface area contributed by atoms with E-state index in [2.05, 4.69) is 12.6 Å². The van der Waals surface area contributed by atoms with Crippen LogP contribution in [0.2, 0.25) is 0 Å². The zero-order valence-corrected chi connectivity index (χ0v) is 9.80. The Morgan fingerprint density at radius 1 is 1.33 bits per heavy atom. The predicted octanol–water partition coefficient (Wildman–Crippen LogP) is 2.78.